The highest BCUT2D eigenvalue weighted by Crippen LogP contribution is 2.27. The van der Waals surface area contributed by atoms with Gasteiger partial charge in [0, 0.05) is 4.47 Å². The highest BCUT2D eigenvalue weighted by Gasteiger charge is 2.28. The lowest BCUT2D eigenvalue weighted by Crippen LogP contribution is -2.26. The van der Waals surface area contributed by atoms with Crippen LogP contribution in [0.15, 0.2) is 22.7 Å². The van der Waals surface area contributed by atoms with Crippen molar-refractivity contribution in [2.45, 2.75) is 20.3 Å². The van der Waals surface area contributed by atoms with Gasteiger partial charge in [0.1, 0.15) is 0 Å². The molecule has 0 radical (unpaired) electrons. The van der Waals surface area contributed by atoms with Crippen LogP contribution >= 0.6 is 15.9 Å². The van der Waals surface area contributed by atoms with E-state index in [1.807, 2.05) is 6.07 Å². The molecule has 1 aromatic rings. The molecule has 0 amide bonds. The summed E-state index contributed by atoms with van der Waals surface area (Å²) < 4.78 is 0.834. The second-order valence-electron chi connectivity index (χ2n) is 4.28. The van der Waals surface area contributed by atoms with E-state index in [0.29, 0.717) is 12.0 Å². The van der Waals surface area contributed by atoms with Crippen molar-refractivity contribution in [2.75, 3.05) is 0 Å². The molecule has 3 nitrogen and oxygen atoms in total. The minimum absolute atomic E-state index is 0.387. The van der Waals surface area contributed by atoms with Crippen LogP contribution in [0.1, 0.15) is 25.0 Å². The zero-order chi connectivity index (χ0) is 12.3. The van der Waals surface area contributed by atoms with Gasteiger partial charge in [-0.2, -0.15) is 5.26 Å². The van der Waals surface area contributed by atoms with Crippen LogP contribution in [0.3, 0.4) is 0 Å². The van der Waals surface area contributed by atoms with Gasteiger partial charge < -0.3 is 5.11 Å². The lowest BCUT2D eigenvalue weighted by molar-refractivity contribution is -0.146. The number of nitrogens with zero attached hydrogens (tertiary/aromatic N) is 1. The largest absolute Gasteiger partial charge is 0.481 e. The van der Waals surface area contributed by atoms with Crippen LogP contribution in [0.25, 0.3) is 0 Å². The summed E-state index contributed by atoms with van der Waals surface area (Å²) in [6.45, 7) is 3.33. The average Bonchev–Trinajstić information content (AvgIpc) is 2.21. The van der Waals surface area contributed by atoms with Crippen LogP contribution in [0.5, 0.6) is 0 Å². The molecule has 1 rings (SSSR count). The summed E-state index contributed by atoms with van der Waals surface area (Å²) in [4.78, 5) is 11.0. The van der Waals surface area contributed by atoms with E-state index < -0.39 is 11.4 Å². The Morgan fingerprint density at radius 1 is 1.56 bits per heavy atom. The lowest BCUT2D eigenvalue weighted by atomic mass is 9.85. The van der Waals surface area contributed by atoms with Crippen molar-refractivity contribution in [3.8, 4) is 6.07 Å². The van der Waals surface area contributed by atoms with Gasteiger partial charge >= 0.3 is 5.97 Å². The number of carboxylic acids is 1. The fourth-order valence-electron chi connectivity index (χ4n) is 1.33. The van der Waals surface area contributed by atoms with Crippen LogP contribution in [-0.2, 0) is 11.2 Å². The number of benzene rings is 1. The number of nitriles is 1. The Kier molecular flexibility index (Phi) is 3.71. The number of aliphatic carboxylic acids is 1. The first kappa shape index (κ1) is 12.7. The second-order valence-corrected chi connectivity index (χ2v) is 5.14. The molecule has 0 aromatic heterocycles. The third-order valence-corrected chi connectivity index (χ3v) is 3.16. The van der Waals surface area contributed by atoms with Gasteiger partial charge in [0.25, 0.3) is 0 Å². The Bertz CT molecular complexity index is 461. The van der Waals surface area contributed by atoms with E-state index >= 15 is 0 Å². The molecule has 0 heterocycles. The molecule has 84 valence electrons. The van der Waals surface area contributed by atoms with Crippen molar-refractivity contribution in [3.05, 3.63) is 33.8 Å². The number of hydrogen-bond acceptors (Lipinski definition) is 2. The second kappa shape index (κ2) is 4.67. The monoisotopic (exact) mass is 281 g/mol. The Balaban J connectivity index is 3.06. The Labute approximate surface area is 103 Å². The molecule has 0 unspecified atom stereocenters. The molecule has 0 saturated carbocycles. The van der Waals surface area contributed by atoms with Gasteiger partial charge in [-0.1, -0.05) is 15.9 Å². The normalized spacial score (nSPS) is 10.9. The SMILES string of the molecule is CC(C)(Cc1cc(C#N)ccc1Br)C(=O)O. The number of carboxylic acid groups (broad SMARTS) is 1. The van der Waals surface area contributed by atoms with E-state index in [-0.39, 0.29) is 0 Å². The predicted molar refractivity (Wildman–Crippen MR) is 64.0 cm³/mol. The summed E-state index contributed by atoms with van der Waals surface area (Å²) in [5, 5.41) is 17.8. The molecule has 16 heavy (non-hydrogen) atoms. The van der Waals surface area contributed by atoms with Gasteiger partial charge in [-0.05, 0) is 44.0 Å². The highest BCUT2D eigenvalue weighted by atomic mass is 79.9. The molecule has 1 N–H and O–H groups in total. The Morgan fingerprint density at radius 3 is 2.69 bits per heavy atom. The summed E-state index contributed by atoms with van der Waals surface area (Å²) in [5.41, 5.74) is 0.544. The van der Waals surface area contributed by atoms with Gasteiger partial charge in [-0.3, -0.25) is 4.79 Å². The Hall–Kier alpha value is -1.34. The van der Waals surface area contributed by atoms with Gasteiger partial charge in [0.2, 0.25) is 0 Å². The van der Waals surface area contributed by atoms with E-state index in [1.165, 1.54) is 0 Å². The van der Waals surface area contributed by atoms with Crippen LogP contribution in [0.2, 0.25) is 0 Å². The molecule has 0 spiro atoms. The summed E-state index contributed by atoms with van der Waals surface area (Å²) in [5.74, 6) is -0.846. The fourth-order valence-corrected chi connectivity index (χ4v) is 1.72. The molecule has 0 aliphatic heterocycles. The highest BCUT2D eigenvalue weighted by molar-refractivity contribution is 9.10. The fraction of sp³-hybridized carbons (Fsp3) is 0.333. The van der Waals surface area contributed by atoms with Crippen molar-refractivity contribution in [3.63, 3.8) is 0 Å². The molecule has 0 bridgehead atoms. The van der Waals surface area contributed by atoms with E-state index in [2.05, 4.69) is 15.9 Å². The molecule has 0 aliphatic rings. The third-order valence-electron chi connectivity index (χ3n) is 2.39. The molecular weight excluding hydrogens is 270 g/mol. The van der Waals surface area contributed by atoms with Crippen molar-refractivity contribution >= 4 is 21.9 Å². The smallest absolute Gasteiger partial charge is 0.309 e. The predicted octanol–water partition coefficient (Wildman–Crippen LogP) is 2.97. The van der Waals surface area contributed by atoms with Crippen molar-refractivity contribution < 1.29 is 9.90 Å². The van der Waals surface area contributed by atoms with Gasteiger partial charge in [0.15, 0.2) is 0 Å². The maximum absolute atomic E-state index is 11.0. The standard InChI is InChI=1S/C12H12BrNO2/c1-12(2,11(15)16)6-9-5-8(7-14)3-4-10(9)13/h3-5H,6H2,1-2H3,(H,15,16). The number of carbonyl (C=O) groups is 1. The van der Waals surface area contributed by atoms with Gasteiger partial charge in [-0.15, -0.1) is 0 Å². The number of halogens is 1. The maximum Gasteiger partial charge on any atom is 0.309 e. The van der Waals surface area contributed by atoms with Crippen LogP contribution < -0.4 is 0 Å². The molecule has 0 saturated heterocycles. The summed E-state index contributed by atoms with van der Waals surface area (Å²) in [6, 6.07) is 7.22. The molecule has 0 fully saturated rings. The Morgan fingerprint density at radius 2 is 2.19 bits per heavy atom. The van der Waals surface area contributed by atoms with Crippen LogP contribution in [0.4, 0.5) is 0 Å². The summed E-state index contributed by atoms with van der Waals surface area (Å²) >= 11 is 3.36. The first-order chi connectivity index (χ1) is 7.36. The van der Waals surface area contributed by atoms with Crippen molar-refractivity contribution in [1.29, 1.82) is 5.26 Å². The van der Waals surface area contributed by atoms with E-state index in [0.717, 1.165) is 10.0 Å². The molecular formula is C12H12BrNO2. The minimum atomic E-state index is -0.846. The first-order valence-electron chi connectivity index (χ1n) is 4.79. The topological polar surface area (TPSA) is 61.1 Å². The van der Waals surface area contributed by atoms with Crippen LogP contribution in [0, 0.1) is 16.7 Å². The van der Waals surface area contributed by atoms with Crippen molar-refractivity contribution in [2.24, 2.45) is 5.41 Å². The van der Waals surface area contributed by atoms with Gasteiger partial charge in [0.05, 0.1) is 17.0 Å². The first-order valence-corrected chi connectivity index (χ1v) is 5.58. The number of rotatable bonds is 3. The van der Waals surface area contributed by atoms with Gasteiger partial charge in [-0.25, -0.2) is 0 Å². The molecule has 0 aliphatic carbocycles. The molecule has 0 atom stereocenters. The van der Waals surface area contributed by atoms with E-state index in [1.54, 1.807) is 32.0 Å². The quantitative estimate of drug-likeness (QED) is 0.927. The minimum Gasteiger partial charge on any atom is -0.481 e. The van der Waals surface area contributed by atoms with E-state index in [4.69, 9.17) is 10.4 Å². The maximum atomic E-state index is 11.0. The van der Waals surface area contributed by atoms with E-state index in [9.17, 15) is 4.79 Å². The summed E-state index contributed by atoms with van der Waals surface area (Å²) in [7, 11) is 0. The number of hydrogen-bond donors (Lipinski definition) is 1. The molecule has 1 aromatic carbocycles. The average molecular weight is 282 g/mol. The zero-order valence-corrected chi connectivity index (χ0v) is 10.7. The lowest BCUT2D eigenvalue weighted by Gasteiger charge is -2.19. The molecule has 4 heteroatoms. The summed E-state index contributed by atoms with van der Waals surface area (Å²) in [6.07, 6.45) is 0.387. The van der Waals surface area contributed by atoms with Crippen molar-refractivity contribution in [1.82, 2.24) is 0 Å². The zero-order valence-electron chi connectivity index (χ0n) is 9.12. The third kappa shape index (κ3) is 2.83. The van der Waals surface area contributed by atoms with Crippen LogP contribution in [-0.4, -0.2) is 11.1 Å².